The van der Waals surface area contributed by atoms with Gasteiger partial charge in [-0.25, -0.2) is 4.98 Å². The van der Waals surface area contributed by atoms with Crippen LogP contribution in [0.4, 0.5) is 5.82 Å². The molecule has 1 unspecified atom stereocenters. The zero-order valence-corrected chi connectivity index (χ0v) is 12.4. The quantitative estimate of drug-likeness (QED) is 0.849. The van der Waals surface area contributed by atoms with Gasteiger partial charge < -0.3 is 19.9 Å². The van der Waals surface area contributed by atoms with Crippen molar-refractivity contribution < 1.29 is 14.6 Å². The highest BCUT2D eigenvalue weighted by atomic mass is 16.5. The van der Waals surface area contributed by atoms with Crippen molar-refractivity contribution in [2.75, 3.05) is 26.1 Å². The molecule has 114 valence electrons. The minimum atomic E-state index is -0.808. The number of rotatable bonds is 6. The van der Waals surface area contributed by atoms with Crippen molar-refractivity contribution >= 4 is 5.82 Å². The molecule has 6 heteroatoms. The number of hydrogen-bond donors (Lipinski definition) is 2. The lowest BCUT2D eigenvalue weighted by atomic mass is 10.1. The molecule has 1 aromatic heterocycles. The average molecular weight is 299 g/mol. The van der Waals surface area contributed by atoms with Crippen LogP contribution < -0.4 is 14.8 Å². The monoisotopic (exact) mass is 299 g/mol. The van der Waals surface area contributed by atoms with E-state index in [1.54, 1.807) is 50.7 Å². The predicted molar refractivity (Wildman–Crippen MR) is 81.9 cm³/mol. The number of methoxy groups -OCH3 is 2. The minimum Gasteiger partial charge on any atom is -0.497 e. The molecule has 6 nitrogen and oxygen atoms in total. The number of ether oxygens (including phenoxy) is 2. The summed E-state index contributed by atoms with van der Waals surface area (Å²) in [6.45, 7) is 0.228. The molecule has 2 N–H and O–H groups in total. The Balaban J connectivity index is 2.11. The molecule has 0 aliphatic carbocycles. The molecule has 1 aromatic carbocycles. The van der Waals surface area contributed by atoms with Gasteiger partial charge in [0.1, 0.15) is 17.3 Å². The second-order valence-corrected chi connectivity index (χ2v) is 4.55. The highest BCUT2D eigenvalue weighted by Gasteiger charge is 2.14. The van der Waals surface area contributed by atoms with Crippen LogP contribution in [0.5, 0.6) is 11.5 Å². The molecule has 0 aliphatic rings. The molecule has 22 heavy (non-hydrogen) atoms. The van der Waals surface area contributed by atoms with Crippen molar-refractivity contribution in [1.29, 1.82) is 5.26 Å². The Kier molecular flexibility index (Phi) is 5.17. The topological polar surface area (TPSA) is 87.4 Å². The Labute approximate surface area is 128 Å². The molecule has 0 radical (unpaired) electrons. The smallest absolute Gasteiger partial charge is 0.127 e. The third-order valence-corrected chi connectivity index (χ3v) is 3.16. The molecule has 0 amide bonds. The number of nitriles is 1. The van der Waals surface area contributed by atoms with Crippen LogP contribution in [0.1, 0.15) is 17.2 Å². The van der Waals surface area contributed by atoms with Gasteiger partial charge in [-0.05, 0) is 30.3 Å². The fourth-order valence-electron chi connectivity index (χ4n) is 2.01. The maximum absolute atomic E-state index is 10.3. The van der Waals surface area contributed by atoms with E-state index >= 15 is 0 Å². The summed E-state index contributed by atoms with van der Waals surface area (Å²) in [6.07, 6.45) is 0.733. The Morgan fingerprint density at radius 3 is 2.77 bits per heavy atom. The van der Waals surface area contributed by atoms with E-state index in [9.17, 15) is 5.11 Å². The van der Waals surface area contributed by atoms with Crippen molar-refractivity contribution in [3.8, 4) is 17.6 Å². The molecule has 2 rings (SSSR count). The zero-order valence-electron chi connectivity index (χ0n) is 12.4. The van der Waals surface area contributed by atoms with Crippen LogP contribution in [0, 0.1) is 11.3 Å². The molecule has 0 saturated heterocycles. The number of aliphatic hydroxyl groups excluding tert-OH is 1. The molecule has 0 spiro atoms. The van der Waals surface area contributed by atoms with Crippen LogP contribution in [0.15, 0.2) is 36.5 Å². The van der Waals surface area contributed by atoms with Crippen LogP contribution in [-0.4, -0.2) is 30.9 Å². The molecule has 1 atom stereocenters. The van der Waals surface area contributed by atoms with Gasteiger partial charge >= 0.3 is 0 Å². The Morgan fingerprint density at radius 2 is 2.09 bits per heavy atom. The first-order chi connectivity index (χ1) is 10.7. The van der Waals surface area contributed by atoms with Gasteiger partial charge in [0.15, 0.2) is 0 Å². The summed E-state index contributed by atoms with van der Waals surface area (Å²) >= 11 is 0. The van der Waals surface area contributed by atoms with Crippen LogP contribution in [0.25, 0.3) is 0 Å². The van der Waals surface area contributed by atoms with E-state index in [4.69, 9.17) is 14.7 Å². The van der Waals surface area contributed by atoms with E-state index in [-0.39, 0.29) is 6.54 Å². The van der Waals surface area contributed by atoms with E-state index in [0.717, 1.165) is 0 Å². The van der Waals surface area contributed by atoms with Crippen molar-refractivity contribution in [3.63, 3.8) is 0 Å². The Hall–Kier alpha value is -2.78. The summed E-state index contributed by atoms with van der Waals surface area (Å²) in [4.78, 5) is 4.10. The average Bonchev–Trinajstić information content (AvgIpc) is 2.59. The van der Waals surface area contributed by atoms with Gasteiger partial charge in [0.05, 0.1) is 32.0 Å². The first-order valence-corrected chi connectivity index (χ1v) is 6.68. The molecule has 2 aromatic rings. The summed E-state index contributed by atoms with van der Waals surface area (Å²) in [5, 5.41) is 22.2. The fourth-order valence-corrected chi connectivity index (χ4v) is 2.01. The molecule has 0 fully saturated rings. The largest absolute Gasteiger partial charge is 0.497 e. The lowest BCUT2D eigenvalue weighted by molar-refractivity contribution is 0.186. The van der Waals surface area contributed by atoms with Gasteiger partial charge in [-0.15, -0.1) is 0 Å². The van der Waals surface area contributed by atoms with E-state index in [0.29, 0.717) is 28.4 Å². The Bertz CT molecular complexity index is 683. The van der Waals surface area contributed by atoms with Crippen LogP contribution in [-0.2, 0) is 0 Å². The fraction of sp³-hybridized carbons (Fsp3) is 0.250. The van der Waals surface area contributed by atoms with E-state index < -0.39 is 6.10 Å². The first-order valence-electron chi connectivity index (χ1n) is 6.68. The van der Waals surface area contributed by atoms with Gasteiger partial charge in [0.25, 0.3) is 0 Å². The summed E-state index contributed by atoms with van der Waals surface area (Å²) in [5.41, 5.74) is 1.12. The highest BCUT2D eigenvalue weighted by Crippen LogP contribution is 2.29. The molecule has 0 saturated carbocycles. The highest BCUT2D eigenvalue weighted by molar-refractivity contribution is 5.45. The predicted octanol–water partition coefficient (Wildman–Crippen LogP) is 2.12. The van der Waals surface area contributed by atoms with Gasteiger partial charge in [-0.2, -0.15) is 5.26 Å². The number of pyridine rings is 1. The second kappa shape index (κ2) is 7.29. The number of nitrogens with zero attached hydrogens (tertiary/aromatic N) is 2. The number of hydrogen-bond acceptors (Lipinski definition) is 6. The first kappa shape index (κ1) is 15.6. The number of nitrogens with one attached hydrogen (secondary N) is 1. The summed E-state index contributed by atoms with van der Waals surface area (Å²) in [5.74, 6) is 1.74. The standard InChI is InChI=1S/C16H17N3O3/c1-21-12-3-4-15(22-2)13(8-12)14(20)10-19-16-7-11(9-17)5-6-18-16/h3-8,14,20H,10H2,1-2H3,(H,18,19). The van der Waals surface area contributed by atoms with Gasteiger partial charge in [0.2, 0.25) is 0 Å². The van der Waals surface area contributed by atoms with Crippen molar-refractivity contribution in [2.45, 2.75) is 6.10 Å². The third kappa shape index (κ3) is 3.65. The number of aromatic nitrogens is 1. The maximum Gasteiger partial charge on any atom is 0.127 e. The van der Waals surface area contributed by atoms with Crippen molar-refractivity contribution in [2.24, 2.45) is 0 Å². The maximum atomic E-state index is 10.3. The summed E-state index contributed by atoms with van der Waals surface area (Å²) < 4.78 is 10.4. The Morgan fingerprint density at radius 1 is 1.27 bits per heavy atom. The summed E-state index contributed by atoms with van der Waals surface area (Å²) in [7, 11) is 3.11. The van der Waals surface area contributed by atoms with Crippen LogP contribution in [0.2, 0.25) is 0 Å². The van der Waals surface area contributed by atoms with Gasteiger partial charge in [0, 0.05) is 18.3 Å². The van der Waals surface area contributed by atoms with Gasteiger partial charge in [-0.1, -0.05) is 0 Å². The number of aliphatic hydroxyl groups is 1. The normalized spacial score (nSPS) is 11.4. The van der Waals surface area contributed by atoms with E-state index in [1.807, 2.05) is 6.07 Å². The second-order valence-electron chi connectivity index (χ2n) is 4.55. The molecule has 1 heterocycles. The van der Waals surface area contributed by atoms with Crippen LogP contribution >= 0.6 is 0 Å². The SMILES string of the molecule is COc1ccc(OC)c(C(O)CNc2cc(C#N)ccn2)c1. The van der Waals surface area contributed by atoms with E-state index in [2.05, 4.69) is 10.3 Å². The zero-order chi connectivity index (χ0) is 15.9. The molecule has 0 aliphatic heterocycles. The van der Waals surface area contributed by atoms with Gasteiger partial charge in [-0.3, -0.25) is 0 Å². The molecular weight excluding hydrogens is 282 g/mol. The lowest BCUT2D eigenvalue weighted by Crippen LogP contribution is -2.14. The molecule has 0 bridgehead atoms. The number of anilines is 1. The van der Waals surface area contributed by atoms with E-state index in [1.165, 1.54) is 0 Å². The third-order valence-electron chi connectivity index (χ3n) is 3.16. The lowest BCUT2D eigenvalue weighted by Gasteiger charge is -2.16. The summed E-state index contributed by atoms with van der Waals surface area (Å²) in [6, 6.07) is 10.5. The molecular formula is C16H17N3O3. The van der Waals surface area contributed by atoms with Crippen molar-refractivity contribution in [3.05, 3.63) is 47.7 Å². The van der Waals surface area contributed by atoms with Crippen molar-refractivity contribution in [1.82, 2.24) is 4.98 Å². The number of benzene rings is 1. The minimum absolute atomic E-state index is 0.228. The van der Waals surface area contributed by atoms with Crippen LogP contribution in [0.3, 0.4) is 0 Å².